The lowest BCUT2D eigenvalue weighted by molar-refractivity contribution is -0.123. The van der Waals surface area contributed by atoms with Gasteiger partial charge in [0.2, 0.25) is 0 Å². The van der Waals surface area contributed by atoms with Crippen molar-refractivity contribution in [1.29, 1.82) is 0 Å². The monoisotopic (exact) mass is 547 g/mol. The van der Waals surface area contributed by atoms with Gasteiger partial charge in [0.05, 0.1) is 23.1 Å². The van der Waals surface area contributed by atoms with Crippen LogP contribution in [0.25, 0.3) is 11.7 Å². The van der Waals surface area contributed by atoms with Gasteiger partial charge in [-0.05, 0) is 36.6 Å². The van der Waals surface area contributed by atoms with E-state index in [4.69, 9.17) is 21.9 Å². The summed E-state index contributed by atoms with van der Waals surface area (Å²) in [6, 6.07) is 16.0. The van der Waals surface area contributed by atoms with Crippen molar-refractivity contribution in [3.8, 4) is 0 Å². The number of nitrogens with zero attached hydrogens (tertiary/aromatic N) is 5. The first-order chi connectivity index (χ1) is 18.6. The molecule has 196 valence electrons. The van der Waals surface area contributed by atoms with Crippen LogP contribution in [0.4, 0.5) is 5.82 Å². The van der Waals surface area contributed by atoms with E-state index in [0.29, 0.717) is 32.8 Å². The number of carbonyl (C=O) groups is 1. The molecule has 0 bridgehead atoms. The molecule has 8 nitrogen and oxygen atoms in total. The van der Waals surface area contributed by atoms with E-state index >= 15 is 0 Å². The molecule has 3 fully saturated rings. The highest BCUT2D eigenvalue weighted by atomic mass is 32.2. The summed E-state index contributed by atoms with van der Waals surface area (Å²) in [5.41, 5.74) is 2.10. The van der Waals surface area contributed by atoms with Gasteiger partial charge in [-0.2, -0.15) is 0 Å². The van der Waals surface area contributed by atoms with E-state index in [1.54, 1.807) is 17.2 Å². The summed E-state index contributed by atoms with van der Waals surface area (Å²) in [5, 5.41) is 0. The maximum absolute atomic E-state index is 13.7. The van der Waals surface area contributed by atoms with Gasteiger partial charge in [0.15, 0.2) is 0 Å². The van der Waals surface area contributed by atoms with Crippen molar-refractivity contribution in [2.45, 2.75) is 25.5 Å². The largest absolute Gasteiger partial charge is 0.376 e. The van der Waals surface area contributed by atoms with Gasteiger partial charge in [-0.15, -0.1) is 0 Å². The van der Waals surface area contributed by atoms with Gasteiger partial charge in [-0.3, -0.25) is 23.8 Å². The standard InChI is InChI=1S/C28H29N5O3S2/c34-26-22(17-23-27(35)33(28(37)38-23)19-21-9-6-16-36-21)25(29-24-10-4-5-11-32(24)26)31-14-12-30(13-15-31)18-20-7-2-1-3-8-20/h1-5,7-8,10-11,17,21H,6,9,12-16,18-19H2/b23-17-. The summed E-state index contributed by atoms with van der Waals surface area (Å²) in [6.07, 6.45) is 5.33. The van der Waals surface area contributed by atoms with Crippen molar-refractivity contribution in [1.82, 2.24) is 19.2 Å². The molecule has 1 atom stereocenters. The van der Waals surface area contributed by atoms with Crippen LogP contribution >= 0.6 is 24.0 Å². The SMILES string of the molecule is O=C1/C(=C/c2c(N3CCN(Cc4ccccc4)CC3)nc3ccccn3c2=O)SC(=S)N1CC1CCCO1. The Bertz CT molecular complexity index is 1440. The summed E-state index contributed by atoms with van der Waals surface area (Å²) < 4.78 is 7.76. The van der Waals surface area contributed by atoms with Crippen LogP contribution in [0.5, 0.6) is 0 Å². The zero-order valence-electron chi connectivity index (χ0n) is 21.0. The topological polar surface area (TPSA) is 70.4 Å². The van der Waals surface area contributed by atoms with Crippen molar-refractivity contribution < 1.29 is 9.53 Å². The molecule has 1 unspecified atom stereocenters. The highest BCUT2D eigenvalue weighted by Gasteiger charge is 2.35. The van der Waals surface area contributed by atoms with Gasteiger partial charge >= 0.3 is 0 Å². The first-order valence-electron chi connectivity index (χ1n) is 13.0. The Morgan fingerprint density at radius 1 is 1.05 bits per heavy atom. The van der Waals surface area contributed by atoms with Gasteiger partial charge in [-0.1, -0.05) is 60.4 Å². The summed E-state index contributed by atoms with van der Waals surface area (Å²) in [5.74, 6) is 0.441. The van der Waals surface area contributed by atoms with Crippen LogP contribution in [0.1, 0.15) is 24.0 Å². The maximum Gasteiger partial charge on any atom is 0.267 e. The molecule has 0 aliphatic carbocycles. The number of rotatable bonds is 6. The van der Waals surface area contributed by atoms with Crippen molar-refractivity contribution in [3.05, 3.63) is 81.1 Å². The average molecular weight is 548 g/mol. The highest BCUT2D eigenvalue weighted by Crippen LogP contribution is 2.34. The number of pyridine rings is 1. The van der Waals surface area contributed by atoms with E-state index < -0.39 is 0 Å². The molecular formula is C28H29N5O3S2. The second-order valence-corrected chi connectivity index (χ2v) is 11.4. The van der Waals surface area contributed by atoms with Crippen molar-refractivity contribution in [2.24, 2.45) is 0 Å². The quantitative estimate of drug-likeness (QED) is 0.344. The fraction of sp³-hybridized carbons (Fsp3) is 0.357. The molecule has 5 heterocycles. The minimum atomic E-state index is -0.193. The Balaban J connectivity index is 1.29. The van der Waals surface area contributed by atoms with E-state index in [-0.39, 0.29) is 17.6 Å². The lowest BCUT2D eigenvalue weighted by atomic mass is 10.2. The Hall–Kier alpha value is -3.05. The van der Waals surface area contributed by atoms with E-state index in [2.05, 4.69) is 34.1 Å². The van der Waals surface area contributed by atoms with Crippen molar-refractivity contribution in [2.75, 3.05) is 44.2 Å². The Labute approximate surface area is 230 Å². The Morgan fingerprint density at radius 3 is 2.61 bits per heavy atom. The van der Waals surface area contributed by atoms with Gasteiger partial charge in [0.1, 0.15) is 15.8 Å². The molecule has 3 aliphatic rings. The van der Waals surface area contributed by atoms with E-state index in [1.807, 2.05) is 24.3 Å². The molecule has 6 rings (SSSR count). The highest BCUT2D eigenvalue weighted by molar-refractivity contribution is 8.26. The van der Waals surface area contributed by atoms with Crippen LogP contribution in [0.2, 0.25) is 0 Å². The molecule has 3 aliphatic heterocycles. The lowest BCUT2D eigenvalue weighted by Gasteiger charge is -2.36. The molecule has 38 heavy (non-hydrogen) atoms. The van der Waals surface area contributed by atoms with E-state index in [9.17, 15) is 9.59 Å². The van der Waals surface area contributed by atoms with Crippen LogP contribution in [0.15, 0.2) is 64.4 Å². The molecule has 1 amide bonds. The van der Waals surface area contributed by atoms with Gasteiger partial charge < -0.3 is 9.64 Å². The zero-order valence-corrected chi connectivity index (χ0v) is 22.6. The summed E-state index contributed by atoms with van der Waals surface area (Å²) in [7, 11) is 0. The predicted molar refractivity (Wildman–Crippen MR) is 154 cm³/mol. The van der Waals surface area contributed by atoms with Crippen molar-refractivity contribution in [3.63, 3.8) is 0 Å². The molecule has 3 aromatic rings. The number of thiocarbonyl (C=S) groups is 1. The molecular weight excluding hydrogens is 518 g/mol. The molecule has 0 spiro atoms. The molecule has 2 aromatic heterocycles. The molecule has 1 aromatic carbocycles. The minimum absolute atomic E-state index is 0.00699. The second kappa shape index (κ2) is 11.0. The number of piperazine rings is 1. The summed E-state index contributed by atoms with van der Waals surface area (Å²) >= 11 is 6.78. The van der Waals surface area contributed by atoms with Crippen LogP contribution in [-0.2, 0) is 16.1 Å². The number of hydrogen-bond donors (Lipinski definition) is 0. The predicted octanol–water partition coefficient (Wildman–Crippen LogP) is 3.40. The summed E-state index contributed by atoms with van der Waals surface area (Å²) in [4.78, 5) is 38.5. The Kier molecular flexibility index (Phi) is 7.29. The first kappa shape index (κ1) is 25.2. The number of aromatic nitrogens is 2. The molecule has 0 radical (unpaired) electrons. The van der Waals surface area contributed by atoms with Gasteiger partial charge in [-0.25, -0.2) is 4.98 Å². The van der Waals surface area contributed by atoms with Crippen LogP contribution in [-0.4, -0.2) is 74.8 Å². The molecule has 10 heteroatoms. The smallest absolute Gasteiger partial charge is 0.267 e. The maximum atomic E-state index is 13.7. The van der Waals surface area contributed by atoms with Gasteiger partial charge in [0.25, 0.3) is 11.5 Å². The fourth-order valence-corrected chi connectivity index (χ4v) is 6.46. The third kappa shape index (κ3) is 5.13. The van der Waals surface area contributed by atoms with E-state index in [1.165, 1.54) is 21.7 Å². The summed E-state index contributed by atoms with van der Waals surface area (Å²) in [6.45, 7) is 5.25. The number of hydrogen-bond acceptors (Lipinski definition) is 8. The van der Waals surface area contributed by atoms with Crippen LogP contribution < -0.4 is 10.5 Å². The lowest BCUT2D eigenvalue weighted by Crippen LogP contribution is -2.47. The second-order valence-electron chi connectivity index (χ2n) is 9.76. The number of benzene rings is 1. The average Bonchev–Trinajstić information content (AvgIpc) is 3.55. The van der Waals surface area contributed by atoms with Crippen LogP contribution in [0, 0.1) is 0 Å². The number of anilines is 1. The third-order valence-corrected chi connectivity index (χ3v) is 8.61. The minimum Gasteiger partial charge on any atom is -0.376 e. The molecule has 0 N–H and O–H groups in total. The fourth-order valence-electron chi connectivity index (χ4n) is 5.20. The number of ether oxygens (including phenoxy) is 1. The third-order valence-electron chi connectivity index (χ3n) is 7.23. The van der Waals surface area contributed by atoms with Crippen molar-refractivity contribution >= 4 is 51.7 Å². The number of amides is 1. The number of carbonyl (C=O) groups excluding carboxylic acids is 1. The molecule has 3 saturated heterocycles. The number of fused-ring (bicyclic) bond motifs is 1. The van der Waals surface area contributed by atoms with E-state index in [0.717, 1.165) is 52.2 Å². The molecule has 0 saturated carbocycles. The zero-order chi connectivity index (χ0) is 26.1. The first-order valence-corrected chi connectivity index (χ1v) is 14.2. The Morgan fingerprint density at radius 2 is 1.84 bits per heavy atom. The van der Waals surface area contributed by atoms with Crippen LogP contribution in [0.3, 0.4) is 0 Å². The normalized spacial score (nSPS) is 21.8. The number of thioether (sulfide) groups is 1. The van der Waals surface area contributed by atoms with Gasteiger partial charge in [0, 0.05) is 45.5 Å².